The van der Waals surface area contributed by atoms with Gasteiger partial charge < -0.3 is 4.90 Å². The lowest BCUT2D eigenvalue weighted by atomic mass is 9.78. The summed E-state index contributed by atoms with van der Waals surface area (Å²) in [5.74, 6) is 0. The van der Waals surface area contributed by atoms with Crippen LogP contribution in [0, 0.1) is 0 Å². The van der Waals surface area contributed by atoms with Crippen molar-refractivity contribution in [3.63, 3.8) is 0 Å². The van der Waals surface area contributed by atoms with Crippen molar-refractivity contribution in [1.82, 2.24) is 0 Å². The molecule has 1 heterocycles. The molecule has 2 heteroatoms. The van der Waals surface area contributed by atoms with E-state index in [1.165, 1.54) is 92.4 Å². The molecular weight excluding hydrogens is 743 g/mol. The summed E-state index contributed by atoms with van der Waals surface area (Å²) in [7, 11) is 0. The predicted octanol–water partition coefficient (Wildman–Crippen LogP) is 17.6. The first-order valence-electron chi connectivity index (χ1n) is 21.3. The monoisotopic (exact) mass is 797 g/mol. The van der Waals surface area contributed by atoms with E-state index < -0.39 is 0 Å². The Kier molecular flexibility index (Phi) is 9.84. The second-order valence-corrected chi connectivity index (χ2v) is 20.5. The van der Waals surface area contributed by atoms with Crippen molar-refractivity contribution in [1.29, 1.82) is 0 Å². The molecule has 1 aromatic heterocycles. The van der Waals surface area contributed by atoms with Crippen molar-refractivity contribution >= 4 is 59.3 Å². The number of anilines is 3. The first-order valence-corrected chi connectivity index (χ1v) is 22.2. The Hall–Kier alpha value is -5.96. The molecule has 0 amide bonds. The van der Waals surface area contributed by atoms with Gasteiger partial charge in [0.2, 0.25) is 0 Å². The standard InChI is InChI=1S/C58H55NS/c1-56(2,3)41-32-33-44(38-20-11-10-12-21-38)52(37-41)59(51-30-19-28-49-47-25-14-16-31-53(47)60-55(49)51)50-29-15-13-24-46(50)48-27-18-23-39-22-17-26-45(54(39)48)40-34-42(57(4,5)6)36-43(35-40)58(7,8)9/h10-37H,1-9H3. The van der Waals surface area contributed by atoms with Crippen LogP contribution in [0.4, 0.5) is 17.1 Å². The van der Waals surface area contributed by atoms with Gasteiger partial charge in [0.25, 0.3) is 0 Å². The third-order valence-corrected chi connectivity index (χ3v) is 13.3. The molecule has 0 fully saturated rings. The second-order valence-electron chi connectivity index (χ2n) is 19.5. The van der Waals surface area contributed by atoms with Gasteiger partial charge in [0.1, 0.15) is 0 Å². The molecule has 0 bridgehead atoms. The summed E-state index contributed by atoms with van der Waals surface area (Å²) in [5.41, 5.74) is 14.8. The minimum Gasteiger partial charge on any atom is -0.308 e. The van der Waals surface area contributed by atoms with E-state index in [2.05, 4.69) is 237 Å². The minimum atomic E-state index is -0.0587. The molecule has 0 aliphatic carbocycles. The highest BCUT2D eigenvalue weighted by Crippen LogP contribution is 2.51. The minimum absolute atomic E-state index is 0.00217. The molecular formula is C58H55NS. The van der Waals surface area contributed by atoms with Gasteiger partial charge in [-0.15, -0.1) is 11.3 Å². The number of thiophene rings is 1. The van der Waals surface area contributed by atoms with E-state index in [0.717, 1.165) is 5.69 Å². The summed E-state index contributed by atoms with van der Waals surface area (Å²) in [5, 5.41) is 5.08. The summed E-state index contributed by atoms with van der Waals surface area (Å²) < 4.78 is 2.58. The highest BCUT2D eigenvalue weighted by Gasteiger charge is 2.27. The van der Waals surface area contributed by atoms with Gasteiger partial charge >= 0.3 is 0 Å². The molecule has 8 aromatic carbocycles. The van der Waals surface area contributed by atoms with Gasteiger partial charge in [-0.2, -0.15) is 0 Å². The molecule has 0 N–H and O–H groups in total. The Morgan fingerprint density at radius 1 is 0.367 bits per heavy atom. The summed E-state index contributed by atoms with van der Waals surface area (Å²) in [6.07, 6.45) is 0. The molecule has 0 saturated heterocycles. The molecule has 0 aliphatic rings. The van der Waals surface area contributed by atoms with Crippen LogP contribution in [0.25, 0.3) is 64.3 Å². The fraction of sp³-hybridized carbons (Fsp3) is 0.207. The zero-order valence-corrected chi connectivity index (χ0v) is 37.3. The zero-order valence-electron chi connectivity index (χ0n) is 36.5. The van der Waals surface area contributed by atoms with Crippen LogP contribution in [0.1, 0.15) is 79.0 Å². The molecule has 0 aliphatic heterocycles. The molecule has 9 aromatic rings. The third-order valence-electron chi connectivity index (χ3n) is 12.1. The molecule has 0 spiro atoms. The highest BCUT2D eigenvalue weighted by molar-refractivity contribution is 7.26. The number of rotatable bonds is 6. The van der Waals surface area contributed by atoms with Gasteiger partial charge in [-0.25, -0.2) is 0 Å². The van der Waals surface area contributed by atoms with Gasteiger partial charge in [-0.1, -0.05) is 208 Å². The van der Waals surface area contributed by atoms with Crippen LogP contribution in [0.15, 0.2) is 170 Å². The normalized spacial score (nSPS) is 12.4. The maximum Gasteiger partial charge on any atom is 0.0640 e. The molecule has 0 atom stereocenters. The molecule has 0 saturated carbocycles. The summed E-state index contributed by atoms with van der Waals surface area (Å²) in [6, 6.07) is 63.8. The van der Waals surface area contributed by atoms with Gasteiger partial charge in [0, 0.05) is 26.6 Å². The van der Waals surface area contributed by atoms with E-state index in [0.29, 0.717) is 0 Å². The first kappa shape index (κ1) is 39.5. The average molecular weight is 798 g/mol. The molecule has 1 nitrogen and oxygen atoms in total. The van der Waals surface area contributed by atoms with E-state index in [4.69, 9.17) is 0 Å². The number of nitrogens with zero attached hydrogens (tertiary/aromatic N) is 1. The number of benzene rings is 8. The molecule has 9 rings (SSSR count). The van der Waals surface area contributed by atoms with E-state index in [-0.39, 0.29) is 16.2 Å². The van der Waals surface area contributed by atoms with Crippen LogP contribution in [0.5, 0.6) is 0 Å². The summed E-state index contributed by atoms with van der Waals surface area (Å²) in [4.78, 5) is 2.57. The van der Waals surface area contributed by atoms with Gasteiger partial charge in [-0.3, -0.25) is 0 Å². The van der Waals surface area contributed by atoms with Crippen LogP contribution in [0.3, 0.4) is 0 Å². The lowest BCUT2D eigenvalue weighted by Crippen LogP contribution is -2.16. The molecule has 0 radical (unpaired) electrons. The van der Waals surface area contributed by atoms with Crippen molar-refractivity contribution in [2.24, 2.45) is 0 Å². The SMILES string of the molecule is CC(C)(C)c1cc(-c2cccc3cccc(-c4ccccc4N(c4cc(C(C)(C)C)ccc4-c4ccccc4)c4cccc5c4sc4ccccc45)c23)cc(C(C)(C)C)c1. The number of fused-ring (bicyclic) bond motifs is 4. The Balaban J connectivity index is 1.38. The van der Waals surface area contributed by atoms with Crippen molar-refractivity contribution in [2.45, 2.75) is 78.6 Å². The van der Waals surface area contributed by atoms with Crippen LogP contribution in [-0.4, -0.2) is 0 Å². The predicted molar refractivity (Wildman–Crippen MR) is 264 cm³/mol. The van der Waals surface area contributed by atoms with Gasteiger partial charge in [0.05, 0.1) is 21.8 Å². The van der Waals surface area contributed by atoms with Gasteiger partial charge in [-0.05, 0) is 90.2 Å². The number of hydrogen-bond donors (Lipinski definition) is 0. The summed E-state index contributed by atoms with van der Waals surface area (Å²) in [6.45, 7) is 20.9. The lowest BCUT2D eigenvalue weighted by molar-refractivity contribution is 0.569. The lowest BCUT2D eigenvalue weighted by Gasteiger charge is -2.32. The number of para-hydroxylation sites is 1. The smallest absolute Gasteiger partial charge is 0.0640 e. The fourth-order valence-corrected chi connectivity index (χ4v) is 9.90. The van der Waals surface area contributed by atoms with Crippen molar-refractivity contribution in [2.75, 3.05) is 4.90 Å². The fourth-order valence-electron chi connectivity index (χ4n) is 8.69. The Bertz CT molecular complexity index is 3000. The van der Waals surface area contributed by atoms with Crippen LogP contribution < -0.4 is 4.90 Å². The first-order chi connectivity index (χ1) is 28.7. The van der Waals surface area contributed by atoms with E-state index >= 15 is 0 Å². The average Bonchev–Trinajstić information content (AvgIpc) is 3.62. The maximum atomic E-state index is 2.57. The highest BCUT2D eigenvalue weighted by atomic mass is 32.1. The Labute approximate surface area is 361 Å². The third kappa shape index (κ3) is 7.22. The number of hydrogen-bond acceptors (Lipinski definition) is 2. The molecule has 60 heavy (non-hydrogen) atoms. The van der Waals surface area contributed by atoms with E-state index in [1.54, 1.807) is 0 Å². The Morgan fingerprint density at radius 2 is 0.933 bits per heavy atom. The zero-order chi connectivity index (χ0) is 42.0. The van der Waals surface area contributed by atoms with Crippen molar-refractivity contribution < 1.29 is 0 Å². The largest absolute Gasteiger partial charge is 0.308 e. The molecule has 0 unspecified atom stereocenters. The Morgan fingerprint density at radius 3 is 1.63 bits per heavy atom. The van der Waals surface area contributed by atoms with E-state index in [9.17, 15) is 0 Å². The second kappa shape index (κ2) is 14.9. The van der Waals surface area contributed by atoms with E-state index in [1.807, 2.05) is 11.3 Å². The van der Waals surface area contributed by atoms with Gasteiger partial charge in [0.15, 0.2) is 0 Å². The summed E-state index contributed by atoms with van der Waals surface area (Å²) >= 11 is 1.89. The van der Waals surface area contributed by atoms with Crippen LogP contribution >= 0.6 is 11.3 Å². The van der Waals surface area contributed by atoms with Crippen LogP contribution in [-0.2, 0) is 16.2 Å². The topological polar surface area (TPSA) is 3.24 Å². The molecule has 298 valence electrons. The van der Waals surface area contributed by atoms with Crippen molar-refractivity contribution in [3.8, 4) is 33.4 Å². The van der Waals surface area contributed by atoms with Crippen LogP contribution in [0.2, 0.25) is 0 Å². The maximum absolute atomic E-state index is 2.57. The van der Waals surface area contributed by atoms with Crippen molar-refractivity contribution in [3.05, 3.63) is 187 Å². The quantitative estimate of drug-likeness (QED) is 0.162.